The molecular formula is C12H19N3O3S. The number of benzene rings is 1. The largest absolute Gasteiger partial charge is 0.324 e. The van der Waals surface area contributed by atoms with E-state index in [0.717, 1.165) is 5.56 Å². The number of amides is 1. The van der Waals surface area contributed by atoms with Crippen molar-refractivity contribution in [3.05, 3.63) is 23.8 Å². The molecule has 1 aromatic rings. The van der Waals surface area contributed by atoms with Crippen molar-refractivity contribution in [1.29, 1.82) is 0 Å². The zero-order chi connectivity index (χ0) is 14.8. The fourth-order valence-electron chi connectivity index (χ4n) is 1.30. The van der Waals surface area contributed by atoms with Crippen LogP contribution in [0, 0.1) is 6.92 Å². The predicted molar refractivity (Wildman–Crippen MR) is 74.3 cm³/mol. The van der Waals surface area contributed by atoms with Crippen molar-refractivity contribution >= 4 is 21.6 Å². The van der Waals surface area contributed by atoms with Gasteiger partial charge in [-0.3, -0.25) is 4.79 Å². The summed E-state index contributed by atoms with van der Waals surface area (Å²) in [6.07, 6.45) is 0. The zero-order valence-corrected chi connectivity index (χ0v) is 12.3. The van der Waals surface area contributed by atoms with Gasteiger partial charge >= 0.3 is 0 Å². The molecule has 0 aliphatic heterocycles. The minimum absolute atomic E-state index is 0.0886. The summed E-state index contributed by atoms with van der Waals surface area (Å²) in [5, 5.41) is 2.63. The maximum atomic E-state index is 11.8. The molecule has 1 aromatic carbocycles. The molecule has 19 heavy (non-hydrogen) atoms. The van der Waals surface area contributed by atoms with E-state index in [1.165, 1.54) is 19.2 Å². The van der Waals surface area contributed by atoms with Crippen LogP contribution in [0.3, 0.4) is 0 Å². The molecular weight excluding hydrogens is 266 g/mol. The number of nitrogens with one attached hydrogen (secondary N) is 2. The van der Waals surface area contributed by atoms with Crippen molar-refractivity contribution in [2.24, 2.45) is 5.73 Å². The molecule has 7 heteroatoms. The Balaban J connectivity index is 3.16. The molecule has 106 valence electrons. The lowest BCUT2D eigenvalue weighted by Gasteiger charge is -2.19. The molecule has 6 nitrogen and oxygen atoms in total. The first-order valence-corrected chi connectivity index (χ1v) is 7.21. The molecule has 0 spiro atoms. The third kappa shape index (κ3) is 3.76. The predicted octanol–water partition coefficient (Wildman–Crippen LogP) is 0.579. The van der Waals surface area contributed by atoms with Gasteiger partial charge < -0.3 is 11.1 Å². The molecule has 0 saturated carbocycles. The lowest BCUT2D eigenvalue weighted by atomic mass is 10.1. The first-order valence-electron chi connectivity index (χ1n) is 5.72. The molecule has 0 aliphatic carbocycles. The number of hydrogen-bond donors (Lipinski definition) is 3. The van der Waals surface area contributed by atoms with Crippen LogP contribution in [-0.4, -0.2) is 26.9 Å². The van der Waals surface area contributed by atoms with E-state index in [2.05, 4.69) is 10.0 Å². The van der Waals surface area contributed by atoms with Gasteiger partial charge in [0.25, 0.3) is 0 Å². The van der Waals surface area contributed by atoms with Gasteiger partial charge in [-0.05, 0) is 45.5 Å². The fourth-order valence-corrected chi connectivity index (χ4v) is 2.06. The van der Waals surface area contributed by atoms with Crippen molar-refractivity contribution in [2.45, 2.75) is 31.2 Å². The molecule has 0 bridgehead atoms. The van der Waals surface area contributed by atoms with Crippen molar-refractivity contribution in [2.75, 3.05) is 12.4 Å². The van der Waals surface area contributed by atoms with Crippen LogP contribution in [0.4, 0.5) is 5.69 Å². The summed E-state index contributed by atoms with van der Waals surface area (Å²) in [5.74, 6) is -0.380. The number of hydrogen-bond acceptors (Lipinski definition) is 4. The highest BCUT2D eigenvalue weighted by molar-refractivity contribution is 7.89. The van der Waals surface area contributed by atoms with Crippen LogP contribution in [0.5, 0.6) is 0 Å². The number of carbonyl (C=O) groups is 1. The van der Waals surface area contributed by atoms with Crippen molar-refractivity contribution in [3.8, 4) is 0 Å². The summed E-state index contributed by atoms with van der Waals surface area (Å²) in [6.45, 7) is 4.92. The van der Waals surface area contributed by atoms with Crippen LogP contribution in [0.2, 0.25) is 0 Å². The van der Waals surface area contributed by atoms with E-state index in [1.54, 1.807) is 26.8 Å². The lowest BCUT2D eigenvalue weighted by Crippen LogP contribution is -2.45. The second-order valence-corrected chi connectivity index (χ2v) is 6.75. The van der Waals surface area contributed by atoms with Crippen LogP contribution in [0.15, 0.2) is 23.1 Å². The molecule has 0 heterocycles. The van der Waals surface area contributed by atoms with Gasteiger partial charge in [0, 0.05) is 5.69 Å². The van der Waals surface area contributed by atoms with Crippen LogP contribution in [0.25, 0.3) is 0 Å². The van der Waals surface area contributed by atoms with E-state index < -0.39 is 15.6 Å². The average Bonchev–Trinajstić information content (AvgIpc) is 2.30. The number of sulfonamides is 1. The van der Waals surface area contributed by atoms with Gasteiger partial charge in [0.05, 0.1) is 10.4 Å². The Morgan fingerprint density at radius 2 is 1.89 bits per heavy atom. The Morgan fingerprint density at radius 3 is 2.37 bits per heavy atom. The highest BCUT2D eigenvalue weighted by atomic mass is 32.2. The lowest BCUT2D eigenvalue weighted by molar-refractivity contribution is -0.120. The van der Waals surface area contributed by atoms with Gasteiger partial charge in [-0.15, -0.1) is 0 Å². The molecule has 0 aliphatic rings. The molecule has 1 amide bonds. The van der Waals surface area contributed by atoms with Crippen LogP contribution in [-0.2, 0) is 14.8 Å². The second-order valence-electron chi connectivity index (χ2n) is 4.86. The topological polar surface area (TPSA) is 101 Å². The monoisotopic (exact) mass is 285 g/mol. The van der Waals surface area contributed by atoms with E-state index in [4.69, 9.17) is 5.73 Å². The first-order chi connectivity index (χ1) is 8.58. The Labute approximate surface area is 113 Å². The highest BCUT2D eigenvalue weighted by Gasteiger charge is 2.23. The van der Waals surface area contributed by atoms with E-state index in [-0.39, 0.29) is 10.8 Å². The van der Waals surface area contributed by atoms with Gasteiger partial charge in [0.15, 0.2) is 0 Å². The number of carbonyl (C=O) groups excluding carboxylic acids is 1. The van der Waals surface area contributed by atoms with E-state index in [9.17, 15) is 13.2 Å². The minimum Gasteiger partial charge on any atom is -0.324 e. The van der Waals surface area contributed by atoms with E-state index in [1.807, 2.05) is 0 Å². The van der Waals surface area contributed by atoms with Crippen LogP contribution in [0.1, 0.15) is 19.4 Å². The summed E-state index contributed by atoms with van der Waals surface area (Å²) in [6, 6.07) is 4.51. The Bertz CT molecular complexity index is 589. The van der Waals surface area contributed by atoms with Crippen molar-refractivity contribution in [1.82, 2.24) is 4.72 Å². The number of nitrogens with two attached hydrogens (primary N) is 1. The normalized spacial score (nSPS) is 12.3. The molecule has 1 rings (SSSR count). The maximum absolute atomic E-state index is 11.8. The first kappa shape index (κ1) is 15.6. The molecule has 0 atom stereocenters. The standard InChI is InChI=1S/C12H19N3O3S/c1-8-5-6-9(19(17,18)14-4)7-10(8)15-11(16)12(2,3)13/h5-7,14H,13H2,1-4H3,(H,15,16). The smallest absolute Gasteiger partial charge is 0.243 e. The molecule has 4 N–H and O–H groups in total. The minimum atomic E-state index is -3.54. The molecule has 0 unspecified atom stereocenters. The number of anilines is 1. The third-order valence-corrected chi connectivity index (χ3v) is 4.03. The second kappa shape index (κ2) is 5.28. The van der Waals surface area contributed by atoms with Gasteiger partial charge in [-0.2, -0.15) is 0 Å². The van der Waals surface area contributed by atoms with Gasteiger partial charge in [0.2, 0.25) is 15.9 Å². The Kier molecular flexibility index (Phi) is 4.34. The SMILES string of the molecule is CNS(=O)(=O)c1ccc(C)c(NC(=O)C(C)(C)N)c1. The van der Waals surface area contributed by atoms with Gasteiger partial charge in [-0.25, -0.2) is 13.1 Å². The quantitative estimate of drug-likeness (QED) is 0.753. The average molecular weight is 285 g/mol. The summed E-state index contributed by atoms with van der Waals surface area (Å²) in [5.41, 5.74) is 5.83. The highest BCUT2D eigenvalue weighted by Crippen LogP contribution is 2.20. The summed E-state index contributed by atoms with van der Waals surface area (Å²) >= 11 is 0. The van der Waals surface area contributed by atoms with Crippen molar-refractivity contribution < 1.29 is 13.2 Å². The van der Waals surface area contributed by atoms with E-state index in [0.29, 0.717) is 5.69 Å². The molecule has 0 fully saturated rings. The van der Waals surface area contributed by atoms with Crippen molar-refractivity contribution in [3.63, 3.8) is 0 Å². The third-order valence-electron chi connectivity index (χ3n) is 2.62. The Hall–Kier alpha value is -1.44. The molecule has 0 aromatic heterocycles. The summed E-state index contributed by atoms with van der Waals surface area (Å²) in [7, 11) is -2.21. The Morgan fingerprint density at radius 1 is 1.32 bits per heavy atom. The molecule has 0 saturated heterocycles. The number of aryl methyl sites for hydroxylation is 1. The fraction of sp³-hybridized carbons (Fsp3) is 0.417. The van der Waals surface area contributed by atoms with Gasteiger partial charge in [-0.1, -0.05) is 6.07 Å². The summed E-state index contributed by atoms with van der Waals surface area (Å²) in [4.78, 5) is 11.9. The van der Waals surface area contributed by atoms with Crippen LogP contribution < -0.4 is 15.8 Å². The van der Waals surface area contributed by atoms with Gasteiger partial charge in [0.1, 0.15) is 0 Å². The molecule has 0 radical (unpaired) electrons. The van der Waals surface area contributed by atoms with Crippen LogP contribution >= 0.6 is 0 Å². The summed E-state index contributed by atoms with van der Waals surface area (Å²) < 4.78 is 25.6. The zero-order valence-electron chi connectivity index (χ0n) is 11.4. The van der Waals surface area contributed by atoms with E-state index >= 15 is 0 Å². The maximum Gasteiger partial charge on any atom is 0.243 e. The number of rotatable bonds is 4.